The molecule has 4 amide bonds. The number of aromatic amines is 1. The van der Waals surface area contributed by atoms with Crippen LogP contribution in [0.25, 0.3) is 0 Å². The topological polar surface area (TPSA) is 235 Å². The van der Waals surface area contributed by atoms with Crippen molar-refractivity contribution >= 4 is 53.2 Å². The fourth-order valence-electron chi connectivity index (χ4n) is 4.28. The molecular formula is C26H28N7NaO9S. The van der Waals surface area contributed by atoms with Crippen molar-refractivity contribution in [3.63, 3.8) is 0 Å². The number of aromatic hydroxyl groups is 1. The quantitative estimate of drug-likeness (QED) is 0.0789. The van der Waals surface area contributed by atoms with Gasteiger partial charge in [-0.25, -0.2) is 9.78 Å². The number of nitrogens with one attached hydrogen (secondary N) is 5. The second-order valence-corrected chi connectivity index (χ2v) is 10.5. The molecule has 4 rings (SSSR count). The number of carbonyl (C=O) groups excluding carboxylic acids is 5. The molecule has 1 saturated heterocycles. The zero-order chi connectivity index (χ0) is 31.3. The summed E-state index contributed by atoms with van der Waals surface area (Å²) in [5.41, 5.74) is -0.861. The molecule has 0 aliphatic carbocycles. The Morgan fingerprint density at radius 3 is 2.55 bits per heavy atom. The molecule has 3 atom stereocenters. The summed E-state index contributed by atoms with van der Waals surface area (Å²) in [6, 6.07) is 1.85. The Morgan fingerprint density at radius 1 is 1.23 bits per heavy atom. The van der Waals surface area contributed by atoms with Crippen LogP contribution in [0.2, 0.25) is 0 Å². The Morgan fingerprint density at radius 2 is 1.93 bits per heavy atom. The van der Waals surface area contributed by atoms with Crippen LogP contribution in [0.15, 0.2) is 46.5 Å². The number of carboxylic acid groups (broad SMARTS) is 1. The van der Waals surface area contributed by atoms with E-state index in [1.54, 1.807) is 0 Å². The third kappa shape index (κ3) is 7.90. The van der Waals surface area contributed by atoms with Gasteiger partial charge in [0.1, 0.15) is 35.5 Å². The van der Waals surface area contributed by atoms with E-state index in [1.165, 1.54) is 24.3 Å². The summed E-state index contributed by atoms with van der Waals surface area (Å²) in [4.78, 5) is 82.2. The number of H-pyrrole nitrogens is 1. The first-order valence-electron chi connectivity index (χ1n) is 13.0. The third-order valence-electron chi connectivity index (χ3n) is 6.34. The van der Waals surface area contributed by atoms with Gasteiger partial charge < -0.3 is 41.0 Å². The van der Waals surface area contributed by atoms with Crippen LogP contribution in [0.1, 0.15) is 31.9 Å². The normalized spacial score (nSPS) is 17.7. The van der Waals surface area contributed by atoms with Gasteiger partial charge in [0.05, 0.1) is 17.9 Å². The molecule has 2 aliphatic heterocycles. The number of nitrogens with zero attached hydrogens (tertiary/aromatic N) is 2. The SMILES string of the molecule is CCCNc1ncc(NC(=O)N[C@@H](C(=O)NC2C(=O)N3C(C(=O)[O-])=C(COC(C)=O)CS[C@H]23)c2ccc(O)cc2)c(=O)[nH]1.[Na+]. The van der Waals surface area contributed by atoms with Gasteiger partial charge in [0.25, 0.3) is 11.5 Å². The van der Waals surface area contributed by atoms with Crippen LogP contribution in [-0.4, -0.2) is 80.1 Å². The van der Waals surface area contributed by atoms with Gasteiger partial charge in [-0.1, -0.05) is 19.1 Å². The Kier molecular flexibility index (Phi) is 11.8. The average Bonchev–Trinajstić information content (AvgIpc) is 2.97. The van der Waals surface area contributed by atoms with E-state index in [2.05, 4.69) is 31.2 Å². The van der Waals surface area contributed by atoms with Crippen LogP contribution in [-0.2, 0) is 23.9 Å². The van der Waals surface area contributed by atoms with Crippen molar-refractivity contribution in [1.82, 2.24) is 25.5 Å². The maximum absolute atomic E-state index is 13.4. The number of phenolic OH excluding ortho intramolecular Hbond substituents is 1. The maximum Gasteiger partial charge on any atom is 1.00 e. The summed E-state index contributed by atoms with van der Waals surface area (Å²) in [6.45, 7) is 3.33. The van der Waals surface area contributed by atoms with E-state index >= 15 is 0 Å². The van der Waals surface area contributed by atoms with Crippen molar-refractivity contribution in [2.24, 2.45) is 0 Å². The monoisotopic (exact) mass is 637 g/mol. The molecule has 3 heterocycles. The number of carboxylic acids is 1. The maximum atomic E-state index is 13.4. The zero-order valence-corrected chi connectivity index (χ0v) is 26.8. The number of anilines is 2. The van der Waals surface area contributed by atoms with Crippen LogP contribution in [0.4, 0.5) is 16.4 Å². The van der Waals surface area contributed by atoms with E-state index in [0.717, 1.165) is 36.2 Å². The minimum atomic E-state index is -1.63. The summed E-state index contributed by atoms with van der Waals surface area (Å²) < 4.78 is 4.89. The number of esters is 1. The van der Waals surface area contributed by atoms with Gasteiger partial charge in [0.2, 0.25) is 11.9 Å². The minimum Gasteiger partial charge on any atom is -0.543 e. The number of aromatic nitrogens is 2. The molecule has 0 bridgehead atoms. The molecule has 0 radical (unpaired) electrons. The number of amides is 4. The van der Waals surface area contributed by atoms with Gasteiger partial charge >= 0.3 is 41.6 Å². The predicted octanol–water partition coefficient (Wildman–Crippen LogP) is -3.87. The Labute approximate surface area is 276 Å². The molecule has 6 N–H and O–H groups in total. The van der Waals surface area contributed by atoms with E-state index in [-0.39, 0.29) is 70.4 Å². The number of carbonyl (C=O) groups is 5. The number of urea groups is 1. The summed E-state index contributed by atoms with van der Waals surface area (Å²) in [5.74, 6) is -3.62. The summed E-state index contributed by atoms with van der Waals surface area (Å²) >= 11 is 1.15. The van der Waals surface area contributed by atoms with Crippen LogP contribution in [0.5, 0.6) is 5.75 Å². The van der Waals surface area contributed by atoms with Crippen molar-refractivity contribution in [1.29, 1.82) is 0 Å². The van der Waals surface area contributed by atoms with Gasteiger partial charge in [-0.3, -0.25) is 29.1 Å². The number of ether oxygens (including phenoxy) is 1. The second-order valence-electron chi connectivity index (χ2n) is 9.44. The first-order chi connectivity index (χ1) is 20.5. The number of β-lactam (4-membered cyclic amide) rings is 1. The Balaban J connectivity index is 0.00000529. The standard InChI is InChI=1S/C26H29N7O9S.Na/c1-3-8-27-25-28-9-16(20(36)32-25)29-26(41)31-17(13-4-6-15(35)7-5-13)21(37)30-18-22(38)33-19(24(39)40)14(10-42-12(2)34)11-43-23(18)33;/h4-7,9,17-18,23,35H,3,8,10-11H2,1-2H3,(H,30,37)(H,39,40)(H2,29,31,41)(H2,27,28,32,36);/q;+1/p-1/t17-,18?,23-;/m1./s1. The molecule has 2 aliphatic rings. The summed E-state index contributed by atoms with van der Waals surface area (Å²) in [5, 5.41) is 31.0. The molecule has 18 heteroatoms. The van der Waals surface area contributed by atoms with Crippen LogP contribution in [0, 0.1) is 0 Å². The van der Waals surface area contributed by atoms with E-state index in [1.807, 2.05) is 6.92 Å². The second kappa shape index (κ2) is 15.1. The average molecular weight is 638 g/mol. The summed E-state index contributed by atoms with van der Waals surface area (Å²) in [6.07, 6.45) is 1.94. The molecule has 228 valence electrons. The van der Waals surface area contributed by atoms with Crippen molar-refractivity contribution in [2.45, 2.75) is 37.7 Å². The van der Waals surface area contributed by atoms with E-state index in [0.29, 0.717) is 6.54 Å². The van der Waals surface area contributed by atoms with Crippen molar-refractivity contribution in [2.75, 3.05) is 29.5 Å². The Bertz CT molecular complexity index is 1530. The Hall–Kier alpha value is -4.06. The molecule has 44 heavy (non-hydrogen) atoms. The predicted molar refractivity (Wildman–Crippen MR) is 150 cm³/mol. The number of hydrogen-bond acceptors (Lipinski definition) is 12. The van der Waals surface area contributed by atoms with E-state index < -0.39 is 58.5 Å². The van der Waals surface area contributed by atoms with Crippen LogP contribution < -0.4 is 61.5 Å². The number of benzene rings is 1. The van der Waals surface area contributed by atoms with Gasteiger partial charge in [0.15, 0.2) is 0 Å². The molecule has 1 fully saturated rings. The third-order valence-corrected chi connectivity index (χ3v) is 7.68. The van der Waals surface area contributed by atoms with E-state index in [4.69, 9.17) is 4.74 Å². The smallest absolute Gasteiger partial charge is 0.543 e. The molecule has 2 aromatic rings. The zero-order valence-electron chi connectivity index (χ0n) is 24.0. The number of thioether (sulfide) groups is 1. The van der Waals surface area contributed by atoms with Crippen molar-refractivity contribution in [3.8, 4) is 5.75 Å². The van der Waals surface area contributed by atoms with Crippen molar-refractivity contribution in [3.05, 3.63) is 57.6 Å². The number of phenols is 1. The summed E-state index contributed by atoms with van der Waals surface area (Å²) in [7, 11) is 0. The van der Waals surface area contributed by atoms with Gasteiger partial charge in [-0.15, -0.1) is 11.8 Å². The van der Waals surface area contributed by atoms with Gasteiger partial charge in [-0.2, -0.15) is 0 Å². The first-order valence-corrected chi connectivity index (χ1v) is 14.1. The van der Waals surface area contributed by atoms with Gasteiger partial charge in [-0.05, 0) is 24.1 Å². The first kappa shape index (κ1) is 34.4. The fourth-order valence-corrected chi connectivity index (χ4v) is 5.61. The fraction of sp³-hybridized carbons (Fsp3) is 0.346. The molecule has 1 aromatic heterocycles. The number of aliphatic carboxylic acids is 1. The minimum absolute atomic E-state index is 0. The van der Waals surface area contributed by atoms with E-state index in [9.17, 15) is 39.0 Å². The number of hydrogen-bond donors (Lipinski definition) is 6. The van der Waals surface area contributed by atoms with Gasteiger partial charge in [0, 0.05) is 24.8 Å². The molecule has 1 unspecified atom stereocenters. The van der Waals surface area contributed by atoms with Crippen LogP contribution >= 0.6 is 11.8 Å². The molecular weight excluding hydrogens is 609 g/mol. The number of rotatable bonds is 11. The molecule has 0 saturated carbocycles. The van der Waals surface area contributed by atoms with Crippen LogP contribution in [0.3, 0.4) is 0 Å². The molecule has 1 aromatic carbocycles. The number of fused-ring (bicyclic) bond motifs is 1. The molecule has 0 spiro atoms. The van der Waals surface area contributed by atoms with Crippen molar-refractivity contribution < 1.29 is 68.5 Å². The molecule has 16 nitrogen and oxygen atoms in total. The largest absolute Gasteiger partial charge is 1.00 e.